The Labute approximate surface area is 95.8 Å². The number of carbonyl (C=O) groups excluding carboxylic acids is 1. The summed E-state index contributed by atoms with van der Waals surface area (Å²) in [4.78, 5) is 24.1. The second-order valence-electron chi connectivity index (χ2n) is 4.68. The van der Waals surface area contributed by atoms with Gasteiger partial charge in [-0.25, -0.2) is 4.79 Å². The van der Waals surface area contributed by atoms with Gasteiger partial charge in [-0.05, 0) is 18.8 Å². The lowest BCUT2D eigenvalue weighted by Crippen LogP contribution is -2.46. The van der Waals surface area contributed by atoms with Gasteiger partial charge in [-0.15, -0.1) is 0 Å². The number of aliphatic carboxylic acids is 1. The van der Waals surface area contributed by atoms with Crippen LogP contribution < -0.4 is 5.32 Å². The minimum atomic E-state index is -0.748. The zero-order valence-electron chi connectivity index (χ0n) is 9.90. The first-order valence-electron chi connectivity index (χ1n) is 5.76. The summed E-state index contributed by atoms with van der Waals surface area (Å²) in [6.07, 6.45) is 1.12. The molecular weight excluding hydrogens is 208 g/mol. The third-order valence-corrected chi connectivity index (χ3v) is 2.79. The molecule has 0 atom stereocenters. The van der Waals surface area contributed by atoms with E-state index in [1.54, 1.807) is 4.90 Å². The summed E-state index contributed by atoms with van der Waals surface area (Å²) < 4.78 is 0. The molecule has 0 spiro atoms. The van der Waals surface area contributed by atoms with Gasteiger partial charge in [0.15, 0.2) is 0 Å². The fraction of sp³-hybridized carbons (Fsp3) is 0.818. The highest BCUT2D eigenvalue weighted by molar-refractivity contribution is 5.75. The number of nitrogens with zero attached hydrogens (tertiary/aromatic N) is 1. The number of rotatable bonds is 3. The van der Waals surface area contributed by atoms with E-state index in [1.165, 1.54) is 0 Å². The maximum Gasteiger partial charge on any atom is 0.317 e. The predicted octanol–water partition coefficient (Wildman–Crippen LogP) is 1.15. The van der Waals surface area contributed by atoms with Crippen molar-refractivity contribution in [2.24, 2.45) is 11.8 Å². The van der Waals surface area contributed by atoms with Crippen LogP contribution in [0.3, 0.4) is 0 Å². The summed E-state index contributed by atoms with van der Waals surface area (Å²) >= 11 is 0. The van der Waals surface area contributed by atoms with Gasteiger partial charge < -0.3 is 15.3 Å². The molecule has 1 rings (SSSR count). The first-order valence-corrected chi connectivity index (χ1v) is 5.76. The maximum atomic E-state index is 11.6. The molecule has 92 valence electrons. The van der Waals surface area contributed by atoms with Crippen molar-refractivity contribution in [1.29, 1.82) is 0 Å². The molecular formula is C11H20N2O3. The second kappa shape index (κ2) is 5.72. The van der Waals surface area contributed by atoms with Crippen molar-refractivity contribution < 1.29 is 14.7 Å². The van der Waals surface area contributed by atoms with Crippen LogP contribution in [0.15, 0.2) is 0 Å². The van der Waals surface area contributed by atoms with Crippen LogP contribution in [-0.4, -0.2) is 41.6 Å². The molecule has 0 unspecified atom stereocenters. The lowest BCUT2D eigenvalue weighted by molar-refractivity contribution is -0.143. The van der Waals surface area contributed by atoms with Crippen LogP contribution in [0.2, 0.25) is 0 Å². The first-order chi connectivity index (χ1) is 7.50. The quantitative estimate of drug-likeness (QED) is 0.761. The largest absolute Gasteiger partial charge is 0.481 e. The van der Waals surface area contributed by atoms with Crippen LogP contribution >= 0.6 is 0 Å². The minimum Gasteiger partial charge on any atom is -0.481 e. The summed E-state index contributed by atoms with van der Waals surface area (Å²) in [7, 11) is 0. The minimum absolute atomic E-state index is 0.0717. The van der Waals surface area contributed by atoms with E-state index in [1.807, 2.05) is 13.8 Å². The standard InChI is InChI=1S/C11H20N2O3/c1-8(2)7-12-11(16)13-5-3-9(4-6-13)10(14)15/h8-9H,3-7H2,1-2H3,(H,12,16)(H,14,15). The molecule has 0 saturated carbocycles. The van der Waals surface area contributed by atoms with Gasteiger partial charge in [0.2, 0.25) is 0 Å². The molecule has 1 aliphatic rings. The number of nitrogens with one attached hydrogen (secondary N) is 1. The first kappa shape index (κ1) is 12.8. The topological polar surface area (TPSA) is 69.6 Å². The summed E-state index contributed by atoms with van der Waals surface area (Å²) in [5.41, 5.74) is 0. The molecule has 0 bridgehead atoms. The fourth-order valence-corrected chi connectivity index (χ4v) is 1.73. The van der Waals surface area contributed by atoms with Gasteiger partial charge >= 0.3 is 12.0 Å². The van der Waals surface area contributed by atoms with Gasteiger partial charge in [0.1, 0.15) is 0 Å². The summed E-state index contributed by atoms with van der Waals surface area (Å²) in [6.45, 7) is 5.83. The van der Waals surface area contributed by atoms with E-state index >= 15 is 0 Å². The number of piperidine rings is 1. The van der Waals surface area contributed by atoms with Crippen LogP contribution in [0.4, 0.5) is 4.79 Å². The molecule has 1 fully saturated rings. The molecule has 16 heavy (non-hydrogen) atoms. The van der Waals surface area contributed by atoms with Gasteiger partial charge in [-0.1, -0.05) is 13.8 Å². The van der Waals surface area contributed by atoms with Crippen molar-refractivity contribution >= 4 is 12.0 Å². The molecule has 5 nitrogen and oxygen atoms in total. The van der Waals surface area contributed by atoms with Crippen molar-refractivity contribution in [3.05, 3.63) is 0 Å². The molecule has 0 aromatic carbocycles. The Morgan fingerprint density at radius 3 is 2.38 bits per heavy atom. The fourth-order valence-electron chi connectivity index (χ4n) is 1.73. The van der Waals surface area contributed by atoms with E-state index in [9.17, 15) is 9.59 Å². The molecule has 2 N–H and O–H groups in total. The molecule has 1 saturated heterocycles. The zero-order chi connectivity index (χ0) is 12.1. The average Bonchev–Trinajstić information content (AvgIpc) is 2.26. The van der Waals surface area contributed by atoms with Crippen LogP contribution in [0.25, 0.3) is 0 Å². The summed E-state index contributed by atoms with van der Waals surface area (Å²) in [6, 6.07) is -0.0717. The molecule has 1 heterocycles. The number of carboxylic acid groups (broad SMARTS) is 1. The monoisotopic (exact) mass is 228 g/mol. The smallest absolute Gasteiger partial charge is 0.317 e. The maximum absolute atomic E-state index is 11.6. The molecule has 1 aliphatic heterocycles. The van der Waals surface area contributed by atoms with Gasteiger partial charge in [0.25, 0.3) is 0 Å². The van der Waals surface area contributed by atoms with Gasteiger partial charge in [0.05, 0.1) is 5.92 Å². The zero-order valence-corrected chi connectivity index (χ0v) is 9.90. The number of carboxylic acids is 1. The number of urea groups is 1. The Balaban J connectivity index is 2.30. The Hall–Kier alpha value is -1.26. The van der Waals surface area contributed by atoms with Crippen LogP contribution in [0.5, 0.6) is 0 Å². The summed E-state index contributed by atoms with van der Waals surface area (Å²) in [5.74, 6) is -0.600. The van der Waals surface area contributed by atoms with Crippen LogP contribution in [-0.2, 0) is 4.79 Å². The van der Waals surface area contributed by atoms with E-state index in [-0.39, 0.29) is 11.9 Å². The van der Waals surface area contributed by atoms with Crippen molar-refractivity contribution in [1.82, 2.24) is 10.2 Å². The SMILES string of the molecule is CC(C)CNC(=O)N1CCC(C(=O)O)CC1. The van der Waals surface area contributed by atoms with Crippen LogP contribution in [0.1, 0.15) is 26.7 Å². The average molecular weight is 228 g/mol. The normalized spacial score (nSPS) is 17.6. The Morgan fingerprint density at radius 2 is 1.94 bits per heavy atom. The molecule has 0 aliphatic carbocycles. The molecule has 2 amide bonds. The van der Waals surface area contributed by atoms with Gasteiger partial charge in [0, 0.05) is 19.6 Å². The molecule has 0 aromatic rings. The third-order valence-electron chi connectivity index (χ3n) is 2.79. The highest BCUT2D eigenvalue weighted by Gasteiger charge is 2.26. The van der Waals surface area contributed by atoms with Crippen molar-refractivity contribution in [2.75, 3.05) is 19.6 Å². The Morgan fingerprint density at radius 1 is 1.38 bits per heavy atom. The van der Waals surface area contributed by atoms with E-state index in [4.69, 9.17) is 5.11 Å². The molecule has 0 aromatic heterocycles. The van der Waals surface area contributed by atoms with E-state index < -0.39 is 5.97 Å². The van der Waals surface area contributed by atoms with Crippen LogP contribution in [0, 0.1) is 11.8 Å². The molecule has 5 heteroatoms. The predicted molar refractivity (Wildman–Crippen MR) is 60.2 cm³/mol. The van der Waals surface area contributed by atoms with Gasteiger partial charge in [-0.2, -0.15) is 0 Å². The lowest BCUT2D eigenvalue weighted by atomic mass is 9.97. The number of hydrogen-bond donors (Lipinski definition) is 2. The number of amides is 2. The number of likely N-dealkylation sites (tertiary alicyclic amines) is 1. The highest BCUT2D eigenvalue weighted by Crippen LogP contribution is 2.17. The van der Waals surface area contributed by atoms with E-state index in [0.29, 0.717) is 38.4 Å². The van der Waals surface area contributed by atoms with Crippen molar-refractivity contribution in [3.63, 3.8) is 0 Å². The highest BCUT2D eigenvalue weighted by atomic mass is 16.4. The van der Waals surface area contributed by atoms with Crippen molar-refractivity contribution in [2.45, 2.75) is 26.7 Å². The van der Waals surface area contributed by atoms with Gasteiger partial charge in [-0.3, -0.25) is 4.79 Å². The van der Waals surface area contributed by atoms with Crippen molar-refractivity contribution in [3.8, 4) is 0 Å². The Kier molecular flexibility index (Phi) is 4.58. The summed E-state index contributed by atoms with van der Waals surface area (Å²) in [5, 5.41) is 11.7. The van der Waals surface area contributed by atoms with E-state index in [0.717, 1.165) is 0 Å². The lowest BCUT2D eigenvalue weighted by Gasteiger charge is -2.30. The third kappa shape index (κ3) is 3.72. The second-order valence-corrected chi connectivity index (χ2v) is 4.68. The number of carbonyl (C=O) groups is 2. The number of hydrogen-bond acceptors (Lipinski definition) is 2. The molecule has 0 radical (unpaired) electrons. The Bertz CT molecular complexity index is 258. The van der Waals surface area contributed by atoms with E-state index in [2.05, 4.69) is 5.32 Å².